The van der Waals surface area contributed by atoms with Crippen LogP contribution in [-0.4, -0.2) is 25.6 Å². The minimum Gasteiger partial charge on any atom is -0.496 e. The normalized spacial score (nSPS) is 19.6. The van der Waals surface area contributed by atoms with Gasteiger partial charge in [0.05, 0.1) is 13.2 Å². The van der Waals surface area contributed by atoms with Gasteiger partial charge in [-0.05, 0) is 50.1 Å². The van der Waals surface area contributed by atoms with E-state index in [1.54, 1.807) is 7.11 Å². The zero-order valence-corrected chi connectivity index (χ0v) is 11.7. The molecule has 4 nitrogen and oxygen atoms in total. The molecular weight excluding hydrogens is 240 g/mol. The third-order valence-electron chi connectivity index (χ3n) is 3.54. The summed E-state index contributed by atoms with van der Waals surface area (Å²) in [4.78, 5) is 12.2. The molecule has 2 rings (SSSR count). The summed E-state index contributed by atoms with van der Waals surface area (Å²) in [6.45, 7) is 2.90. The van der Waals surface area contributed by atoms with Crippen LogP contribution < -0.4 is 15.4 Å². The Bertz CT molecular complexity index is 438. The fourth-order valence-corrected chi connectivity index (χ4v) is 2.44. The Morgan fingerprint density at radius 2 is 2.21 bits per heavy atom. The lowest BCUT2D eigenvalue weighted by Crippen LogP contribution is -2.39. The Balaban J connectivity index is 1.99. The second-order valence-corrected chi connectivity index (χ2v) is 5.03. The quantitative estimate of drug-likeness (QED) is 0.880. The number of hydrogen-bond acceptors (Lipinski definition) is 3. The lowest BCUT2D eigenvalue weighted by Gasteiger charge is -2.16. The van der Waals surface area contributed by atoms with Gasteiger partial charge < -0.3 is 15.4 Å². The number of hydrogen-bond donors (Lipinski definition) is 2. The van der Waals surface area contributed by atoms with Gasteiger partial charge in [-0.25, -0.2) is 0 Å². The van der Waals surface area contributed by atoms with Crippen molar-refractivity contribution in [1.82, 2.24) is 5.32 Å². The summed E-state index contributed by atoms with van der Waals surface area (Å²) in [7, 11) is 1.65. The molecule has 104 valence electrons. The second kappa shape index (κ2) is 6.57. The number of anilines is 1. The van der Waals surface area contributed by atoms with Crippen LogP contribution in [-0.2, 0) is 4.79 Å². The zero-order valence-electron chi connectivity index (χ0n) is 11.7. The van der Waals surface area contributed by atoms with E-state index in [4.69, 9.17) is 4.74 Å². The van der Waals surface area contributed by atoms with E-state index in [-0.39, 0.29) is 11.9 Å². The van der Waals surface area contributed by atoms with Crippen molar-refractivity contribution in [2.24, 2.45) is 0 Å². The van der Waals surface area contributed by atoms with Gasteiger partial charge in [0, 0.05) is 5.69 Å². The summed E-state index contributed by atoms with van der Waals surface area (Å²) < 4.78 is 5.21. The van der Waals surface area contributed by atoms with Crippen LogP contribution in [0.3, 0.4) is 0 Å². The lowest BCUT2D eigenvalue weighted by molar-refractivity contribution is -0.118. The van der Waals surface area contributed by atoms with Crippen LogP contribution in [0.2, 0.25) is 0 Å². The largest absolute Gasteiger partial charge is 0.496 e. The molecule has 0 spiro atoms. The van der Waals surface area contributed by atoms with Crippen molar-refractivity contribution in [3.63, 3.8) is 0 Å². The van der Waals surface area contributed by atoms with Gasteiger partial charge in [-0.1, -0.05) is 12.8 Å². The summed E-state index contributed by atoms with van der Waals surface area (Å²) in [5.74, 6) is 0.900. The molecule has 0 aromatic heterocycles. The van der Waals surface area contributed by atoms with E-state index < -0.39 is 0 Å². The molecule has 19 heavy (non-hydrogen) atoms. The first kappa shape index (κ1) is 13.9. The van der Waals surface area contributed by atoms with Crippen LogP contribution in [0.4, 0.5) is 5.69 Å². The van der Waals surface area contributed by atoms with E-state index in [9.17, 15) is 4.79 Å². The van der Waals surface area contributed by atoms with Crippen molar-refractivity contribution in [3.8, 4) is 5.75 Å². The number of rotatable bonds is 3. The maximum Gasteiger partial charge on any atom is 0.241 e. The average Bonchev–Trinajstić information content (AvgIpc) is 2.68. The van der Waals surface area contributed by atoms with Gasteiger partial charge in [0.25, 0.3) is 0 Å². The molecule has 2 N–H and O–H groups in total. The minimum atomic E-state index is -0.0649. The molecule has 0 bridgehead atoms. The van der Waals surface area contributed by atoms with E-state index in [0.717, 1.165) is 42.8 Å². The highest BCUT2D eigenvalue weighted by Crippen LogP contribution is 2.21. The number of carbonyl (C=O) groups is 1. The topological polar surface area (TPSA) is 50.4 Å². The van der Waals surface area contributed by atoms with E-state index in [0.29, 0.717) is 0 Å². The molecule has 1 aromatic carbocycles. The van der Waals surface area contributed by atoms with Crippen molar-refractivity contribution in [2.75, 3.05) is 19.0 Å². The molecule has 1 heterocycles. The van der Waals surface area contributed by atoms with Crippen LogP contribution in [0.5, 0.6) is 5.75 Å². The molecule has 1 unspecified atom stereocenters. The summed E-state index contributed by atoms with van der Waals surface area (Å²) in [6, 6.07) is 5.63. The lowest BCUT2D eigenvalue weighted by atomic mass is 10.1. The molecule has 0 radical (unpaired) electrons. The summed E-state index contributed by atoms with van der Waals surface area (Å²) >= 11 is 0. The monoisotopic (exact) mass is 262 g/mol. The number of carbonyl (C=O) groups excluding carboxylic acids is 1. The van der Waals surface area contributed by atoms with Gasteiger partial charge in [-0.2, -0.15) is 0 Å². The fourth-order valence-electron chi connectivity index (χ4n) is 2.44. The molecule has 1 atom stereocenters. The molecule has 1 amide bonds. The van der Waals surface area contributed by atoms with Gasteiger partial charge in [0.15, 0.2) is 0 Å². The minimum absolute atomic E-state index is 0.0615. The number of nitrogens with one attached hydrogen (secondary N) is 2. The number of methoxy groups -OCH3 is 1. The molecule has 0 aliphatic carbocycles. The highest BCUT2D eigenvalue weighted by molar-refractivity contribution is 5.95. The third-order valence-corrected chi connectivity index (χ3v) is 3.54. The number of benzene rings is 1. The van der Waals surface area contributed by atoms with Crippen molar-refractivity contribution in [2.45, 2.75) is 38.6 Å². The van der Waals surface area contributed by atoms with Crippen molar-refractivity contribution >= 4 is 11.6 Å². The number of aryl methyl sites for hydroxylation is 1. The van der Waals surface area contributed by atoms with Gasteiger partial charge in [0.1, 0.15) is 5.75 Å². The van der Waals surface area contributed by atoms with Gasteiger partial charge in [-0.15, -0.1) is 0 Å². The van der Waals surface area contributed by atoms with E-state index in [1.165, 1.54) is 6.42 Å². The van der Waals surface area contributed by atoms with Crippen molar-refractivity contribution < 1.29 is 9.53 Å². The molecule has 0 saturated carbocycles. The zero-order chi connectivity index (χ0) is 13.7. The first-order chi connectivity index (χ1) is 9.20. The maximum absolute atomic E-state index is 12.2. The second-order valence-electron chi connectivity index (χ2n) is 5.03. The number of ether oxygens (including phenoxy) is 1. The fraction of sp³-hybridized carbons (Fsp3) is 0.533. The molecule has 4 heteroatoms. The molecule has 1 aromatic rings. The van der Waals surface area contributed by atoms with E-state index >= 15 is 0 Å². The van der Waals surface area contributed by atoms with Crippen LogP contribution in [0.15, 0.2) is 18.2 Å². The van der Waals surface area contributed by atoms with Crippen LogP contribution >= 0.6 is 0 Å². The van der Waals surface area contributed by atoms with E-state index in [1.807, 2.05) is 25.1 Å². The van der Waals surface area contributed by atoms with Crippen LogP contribution in [0.25, 0.3) is 0 Å². The Morgan fingerprint density at radius 3 is 2.95 bits per heavy atom. The Labute approximate surface area is 114 Å². The predicted molar refractivity (Wildman–Crippen MR) is 76.6 cm³/mol. The van der Waals surface area contributed by atoms with Gasteiger partial charge in [0.2, 0.25) is 5.91 Å². The molecule has 1 aliphatic rings. The summed E-state index contributed by atoms with van der Waals surface area (Å²) in [5.41, 5.74) is 1.85. The molecule has 1 aliphatic heterocycles. The standard InChI is InChI=1S/C15H22N2O2/c1-11-10-12(7-8-14(11)19-2)17-15(18)13-6-4-3-5-9-16-13/h7-8,10,13,16H,3-6,9H2,1-2H3,(H,17,18). The van der Waals surface area contributed by atoms with Crippen molar-refractivity contribution in [3.05, 3.63) is 23.8 Å². The molecule has 1 saturated heterocycles. The Morgan fingerprint density at radius 1 is 1.37 bits per heavy atom. The van der Waals surface area contributed by atoms with Gasteiger partial charge in [-0.3, -0.25) is 4.79 Å². The Hall–Kier alpha value is -1.55. The number of amides is 1. The smallest absolute Gasteiger partial charge is 0.241 e. The SMILES string of the molecule is COc1ccc(NC(=O)C2CCCCCN2)cc1C. The average molecular weight is 262 g/mol. The Kier molecular flexibility index (Phi) is 4.80. The summed E-state index contributed by atoms with van der Waals surface area (Å²) in [6.07, 6.45) is 4.40. The molecular formula is C15H22N2O2. The highest BCUT2D eigenvalue weighted by atomic mass is 16.5. The predicted octanol–water partition coefficient (Wildman–Crippen LogP) is 2.47. The first-order valence-electron chi connectivity index (χ1n) is 6.89. The maximum atomic E-state index is 12.2. The third kappa shape index (κ3) is 3.70. The van der Waals surface area contributed by atoms with E-state index in [2.05, 4.69) is 10.6 Å². The van der Waals surface area contributed by atoms with Crippen LogP contribution in [0.1, 0.15) is 31.2 Å². The highest BCUT2D eigenvalue weighted by Gasteiger charge is 2.19. The molecule has 1 fully saturated rings. The summed E-state index contributed by atoms with van der Waals surface area (Å²) in [5, 5.41) is 6.28. The van der Waals surface area contributed by atoms with Gasteiger partial charge >= 0.3 is 0 Å². The van der Waals surface area contributed by atoms with Crippen LogP contribution in [0, 0.1) is 6.92 Å². The first-order valence-corrected chi connectivity index (χ1v) is 6.89. The van der Waals surface area contributed by atoms with Crippen molar-refractivity contribution in [1.29, 1.82) is 0 Å².